The number of ether oxygens (including phenoxy) is 1. The molecule has 0 radical (unpaired) electrons. The fourth-order valence-corrected chi connectivity index (χ4v) is 1.87. The first kappa shape index (κ1) is 14.8. The number of aromatic nitrogens is 1. The van der Waals surface area contributed by atoms with Gasteiger partial charge in [-0.25, -0.2) is 4.98 Å². The number of benzene rings is 1. The van der Waals surface area contributed by atoms with Gasteiger partial charge in [0.25, 0.3) is 0 Å². The van der Waals surface area contributed by atoms with Gasteiger partial charge in [0.15, 0.2) is 0 Å². The summed E-state index contributed by atoms with van der Waals surface area (Å²) in [4.78, 5) is 16.3. The fourth-order valence-electron chi connectivity index (χ4n) is 1.87. The number of para-hydroxylation sites is 1. The van der Waals surface area contributed by atoms with E-state index in [1.165, 1.54) is 0 Å². The van der Waals surface area contributed by atoms with Crippen LogP contribution in [0.3, 0.4) is 0 Å². The number of carbonyl (C=O) groups is 1. The predicted molar refractivity (Wildman–Crippen MR) is 83.2 cm³/mol. The van der Waals surface area contributed by atoms with E-state index >= 15 is 0 Å². The Morgan fingerprint density at radius 3 is 2.76 bits per heavy atom. The van der Waals surface area contributed by atoms with E-state index in [0.29, 0.717) is 17.3 Å². The van der Waals surface area contributed by atoms with Crippen LogP contribution in [-0.2, 0) is 11.2 Å². The van der Waals surface area contributed by atoms with Crippen LogP contribution in [0.1, 0.15) is 19.4 Å². The van der Waals surface area contributed by atoms with Gasteiger partial charge in [-0.1, -0.05) is 18.2 Å². The second-order valence-electron chi connectivity index (χ2n) is 4.95. The van der Waals surface area contributed by atoms with E-state index in [-0.39, 0.29) is 18.4 Å². The van der Waals surface area contributed by atoms with Crippen molar-refractivity contribution in [2.24, 2.45) is 0 Å². The Bertz CT molecular complexity index is 626. The number of rotatable bonds is 5. The van der Waals surface area contributed by atoms with Gasteiger partial charge in [-0.3, -0.25) is 4.79 Å². The summed E-state index contributed by atoms with van der Waals surface area (Å²) in [5.41, 5.74) is 7.81. The molecule has 0 aliphatic carbocycles. The first-order chi connectivity index (χ1) is 10.1. The molecule has 1 heterocycles. The Hall–Kier alpha value is -2.56. The number of hydrogen-bond donors (Lipinski definition) is 2. The zero-order chi connectivity index (χ0) is 15.2. The monoisotopic (exact) mass is 285 g/mol. The molecule has 0 aliphatic heterocycles. The standard InChI is InChI=1S/C16H19N3O2/c1-11(2)21-16-14(8-5-9-18-16)19-15(20)10-12-6-3-4-7-13(12)17/h3-9,11H,10,17H2,1-2H3,(H,19,20). The lowest BCUT2D eigenvalue weighted by Gasteiger charge is -2.13. The zero-order valence-corrected chi connectivity index (χ0v) is 12.2. The van der Waals surface area contributed by atoms with E-state index < -0.39 is 0 Å². The average molecular weight is 285 g/mol. The summed E-state index contributed by atoms with van der Waals surface area (Å²) in [5, 5.41) is 2.81. The van der Waals surface area contributed by atoms with Crippen molar-refractivity contribution < 1.29 is 9.53 Å². The van der Waals surface area contributed by atoms with Crippen molar-refractivity contribution >= 4 is 17.3 Å². The van der Waals surface area contributed by atoms with Crippen LogP contribution in [0.15, 0.2) is 42.6 Å². The number of anilines is 2. The highest BCUT2D eigenvalue weighted by Gasteiger charge is 2.11. The number of hydrogen-bond acceptors (Lipinski definition) is 4. The first-order valence-corrected chi connectivity index (χ1v) is 6.81. The van der Waals surface area contributed by atoms with E-state index in [9.17, 15) is 4.79 Å². The van der Waals surface area contributed by atoms with Crippen LogP contribution in [-0.4, -0.2) is 17.0 Å². The molecule has 3 N–H and O–H groups in total. The first-order valence-electron chi connectivity index (χ1n) is 6.81. The normalized spacial score (nSPS) is 10.4. The minimum Gasteiger partial charge on any atom is -0.473 e. The lowest BCUT2D eigenvalue weighted by atomic mass is 10.1. The topological polar surface area (TPSA) is 77.2 Å². The Kier molecular flexibility index (Phi) is 4.77. The van der Waals surface area contributed by atoms with E-state index in [1.54, 1.807) is 24.4 Å². The van der Waals surface area contributed by atoms with Gasteiger partial charge in [0.05, 0.1) is 12.5 Å². The molecule has 0 saturated carbocycles. The summed E-state index contributed by atoms with van der Waals surface area (Å²) in [6.07, 6.45) is 1.82. The molecule has 0 atom stereocenters. The molecule has 1 amide bonds. The molecular weight excluding hydrogens is 266 g/mol. The van der Waals surface area contributed by atoms with Gasteiger partial charge in [-0.2, -0.15) is 0 Å². The molecule has 1 aromatic heterocycles. The van der Waals surface area contributed by atoms with Gasteiger partial charge < -0.3 is 15.8 Å². The Morgan fingerprint density at radius 2 is 2.05 bits per heavy atom. The minimum atomic E-state index is -0.158. The third kappa shape index (κ3) is 4.21. The van der Waals surface area contributed by atoms with Gasteiger partial charge in [0.1, 0.15) is 5.69 Å². The molecule has 0 bridgehead atoms. The van der Waals surface area contributed by atoms with Crippen LogP contribution < -0.4 is 15.8 Å². The fraction of sp³-hybridized carbons (Fsp3) is 0.250. The average Bonchev–Trinajstić information content (AvgIpc) is 2.43. The van der Waals surface area contributed by atoms with Crippen molar-refractivity contribution in [3.05, 3.63) is 48.2 Å². The molecule has 2 rings (SSSR count). The molecule has 0 spiro atoms. The summed E-state index contributed by atoms with van der Waals surface area (Å²) in [6, 6.07) is 10.8. The zero-order valence-electron chi connectivity index (χ0n) is 12.2. The van der Waals surface area contributed by atoms with Crippen molar-refractivity contribution in [1.82, 2.24) is 4.98 Å². The van der Waals surface area contributed by atoms with Crippen LogP contribution in [0.25, 0.3) is 0 Å². The molecule has 0 unspecified atom stereocenters. The minimum absolute atomic E-state index is 0.0136. The van der Waals surface area contributed by atoms with Gasteiger partial charge >= 0.3 is 0 Å². The summed E-state index contributed by atoms with van der Waals surface area (Å²) in [5.74, 6) is 0.261. The van der Waals surface area contributed by atoms with E-state index in [2.05, 4.69) is 10.3 Å². The highest BCUT2D eigenvalue weighted by Crippen LogP contribution is 2.22. The SMILES string of the molecule is CC(C)Oc1ncccc1NC(=O)Cc1ccccc1N. The van der Waals surface area contributed by atoms with Gasteiger partial charge in [0, 0.05) is 11.9 Å². The van der Waals surface area contributed by atoms with Crippen molar-refractivity contribution in [1.29, 1.82) is 0 Å². The van der Waals surface area contributed by atoms with Crippen LogP contribution in [0.5, 0.6) is 5.88 Å². The largest absolute Gasteiger partial charge is 0.473 e. The summed E-state index contributed by atoms with van der Waals surface area (Å²) in [7, 11) is 0. The van der Waals surface area contributed by atoms with E-state index in [4.69, 9.17) is 10.5 Å². The van der Waals surface area contributed by atoms with Crippen molar-refractivity contribution in [2.75, 3.05) is 11.1 Å². The van der Waals surface area contributed by atoms with Gasteiger partial charge in [-0.05, 0) is 37.6 Å². The van der Waals surface area contributed by atoms with Crippen LogP contribution in [0, 0.1) is 0 Å². The number of nitrogens with zero attached hydrogens (tertiary/aromatic N) is 1. The summed E-state index contributed by atoms with van der Waals surface area (Å²) >= 11 is 0. The van der Waals surface area contributed by atoms with E-state index in [0.717, 1.165) is 5.56 Å². The van der Waals surface area contributed by atoms with Crippen molar-refractivity contribution in [3.63, 3.8) is 0 Å². The van der Waals surface area contributed by atoms with Crippen LogP contribution in [0.4, 0.5) is 11.4 Å². The van der Waals surface area contributed by atoms with Crippen LogP contribution in [0.2, 0.25) is 0 Å². The van der Waals surface area contributed by atoms with Gasteiger partial charge in [0.2, 0.25) is 11.8 Å². The molecule has 5 heteroatoms. The predicted octanol–water partition coefficient (Wildman–Crippen LogP) is 2.63. The molecule has 5 nitrogen and oxygen atoms in total. The quantitative estimate of drug-likeness (QED) is 0.828. The summed E-state index contributed by atoms with van der Waals surface area (Å²) in [6.45, 7) is 3.82. The second kappa shape index (κ2) is 6.74. The molecule has 0 fully saturated rings. The highest BCUT2D eigenvalue weighted by atomic mass is 16.5. The second-order valence-corrected chi connectivity index (χ2v) is 4.95. The number of pyridine rings is 1. The van der Waals surface area contributed by atoms with Crippen molar-refractivity contribution in [2.45, 2.75) is 26.4 Å². The Morgan fingerprint density at radius 1 is 1.29 bits per heavy atom. The molecule has 0 aliphatic rings. The number of amides is 1. The lowest BCUT2D eigenvalue weighted by molar-refractivity contribution is -0.115. The maximum atomic E-state index is 12.1. The molecule has 21 heavy (non-hydrogen) atoms. The Labute approximate surface area is 124 Å². The lowest BCUT2D eigenvalue weighted by Crippen LogP contribution is -2.17. The highest BCUT2D eigenvalue weighted by molar-refractivity contribution is 5.94. The number of nitrogens with two attached hydrogens (primary N) is 1. The molecule has 0 saturated heterocycles. The molecule has 2 aromatic rings. The Balaban J connectivity index is 2.08. The molecule has 110 valence electrons. The maximum absolute atomic E-state index is 12.1. The number of nitrogen functional groups attached to an aromatic ring is 1. The molecular formula is C16H19N3O2. The summed E-state index contributed by atoms with van der Waals surface area (Å²) < 4.78 is 5.57. The third-order valence-electron chi connectivity index (χ3n) is 2.80. The molecule has 1 aromatic carbocycles. The third-order valence-corrected chi connectivity index (χ3v) is 2.80. The number of carbonyl (C=O) groups excluding carboxylic acids is 1. The van der Waals surface area contributed by atoms with Crippen LogP contribution >= 0.6 is 0 Å². The van der Waals surface area contributed by atoms with Crippen molar-refractivity contribution in [3.8, 4) is 5.88 Å². The van der Waals surface area contributed by atoms with Gasteiger partial charge in [-0.15, -0.1) is 0 Å². The number of nitrogens with one attached hydrogen (secondary N) is 1. The smallest absolute Gasteiger partial charge is 0.238 e. The van der Waals surface area contributed by atoms with E-state index in [1.807, 2.05) is 32.0 Å². The maximum Gasteiger partial charge on any atom is 0.238 e.